The highest BCUT2D eigenvalue weighted by atomic mass is 15.2. The Morgan fingerprint density at radius 1 is 1.40 bits per heavy atom. The molecular formula is C8H12N2. The molecule has 0 amide bonds. The monoisotopic (exact) mass is 136 g/mol. The molecule has 2 nitrogen and oxygen atoms in total. The van der Waals surface area contributed by atoms with E-state index in [4.69, 9.17) is 5.26 Å². The van der Waals surface area contributed by atoms with Crippen molar-refractivity contribution in [3.05, 3.63) is 0 Å². The minimum atomic E-state index is 0.334. The maximum Gasteiger partial charge on any atom is 0.0669 e. The van der Waals surface area contributed by atoms with Crippen molar-refractivity contribution < 1.29 is 0 Å². The van der Waals surface area contributed by atoms with Gasteiger partial charge in [0.25, 0.3) is 0 Å². The summed E-state index contributed by atoms with van der Waals surface area (Å²) in [6, 6.07) is 2.36. The van der Waals surface area contributed by atoms with Crippen molar-refractivity contribution in [3.63, 3.8) is 0 Å². The third-order valence-corrected chi connectivity index (χ3v) is 2.65. The van der Waals surface area contributed by atoms with Gasteiger partial charge in [0.15, 0.2) is 0 Å². The maximum absolute atomic E-state index is 8.68. The lowest BCUT2D eigenvalue weighted by atomic mass is 9.93. The van der Waals surface area contributed by atoms with Crippen LogP contribution in [0.2, 0.25) is 0 Å². The van der Waals surface area contributed by atoms with Gasteiger partial charge in [-0.05, 0) is 25.3 Å². The molecule has 3 unspecified atom stereocenters. The SMILES string of the molecule is N#CC1CC2CCN(C1)C2. The zero-order valence-electron chi connectivity index (χ0n) is 6.08. The molecule has 0 radical (unpaired) electrons. The summed E-state index contributed by atoms with van der Waals surface area (Å²) >= 11 is 0. The van der Waals surface area contributed by atoms with Gasteiger partial charge in [-0.3, -0.25) is 0 Å². The number of piperidine rings is 1. The van der Waals surface area contributed by atoms with Crippen molar-refractivity contribution in [2.45, 2.75) is 12.8 Å². The van der Waals surface area contributed by atoms with Crippen LogP contribution < -0.4 is 0 Å². The van der Waals surface area contributed by atoms with E-state index in [1.807, 2.05) is 0 Å². The van der Waals surface area contributed by atoms with E-state index in [1.165, 1.54) is 19.5 Å². The highest BCUT2D eigenvalue weighted by Gasteiger charge is 2.31. The number of fused-ring (bicyclic) bond motifs is 2. The van der Waals surface area contributed by atoms with E-state index in [2.05, 4.69) is 11.0 Å². The Balaban J connectivity index is 2.04. The number of nitrogens with zero attached hydrogens (tertiary/aromatic N) is 2. The summed E-state index contributed by atoms with van der Waals surface area (Å²) in [5.41, 5.74) is 0. The van der Waals surface area contributed by atoms with Gasteiger partial charge in [0.2, 0.25) is 0 Å². The van der Waals surface area contributed by atoms with Crippen molar-refractivity contribution in [3.8, 4) is 6.07 Å². The lowest BCUT2D eigenvalue weighted by Gasteiger charge is -2.25. The summed E-state index contributed by atoms with van der Waals surface area (Å²) in [5, 5.41) is 8.68. The third-order valence-electron chi connectivity index (χ3n) is 2.65. The molecule has 2 aliphatic rings. The fourth-order valence-corrected chi connectivity index (χ4v) is 2.15. The Bertz CT molecular complexity index is 159. The first-order valence-corrected chi connectivity index (χ1v) is 4.00. The average Bonchev–Trinajstić information content (AvgIpc) is 2.30. The van der Waals surface area contributed by atoms with E-state index in [-0.39, 0.29) is 0 Å². The molecule has 0 aromatic rings. The van der Waals surface area contributed by atoms with Crippen LogP contribution in [0.3, 0.4) is 0 Å². The van der Waals surface area contributed by atoms with Gasteiger partial charge in [0.05, 0.1) is 12.0 Å². The average molecular weight is 136 g/mol. The molecule has 2 saturated heterocycles. The largest absolute Gasteiger partial charge is 0.302 e. The second-order valence-electron chi connectivity index (χ2n) is 3.48. The van der Waals surface area contributed by atoms with Gasteiger partial charge < -0.3 is 4.90 Å². The molecule has 10 heavy (non-hydrogen) atoms. The summed E-state index contributed by atoms with van der Waals surface area (Å²) < 4.78 is 0. The van der Waals surface area contributed by atoms with Gasteiger partial charge in [-0.25, -0.2) is 0 Å². The van der Waals surface area contributed by atoms with Crippen LogP contribution in [0.1, 0.15) is 12.8 Å². The maximum atomic E-state index is 8.68. The normalized spacial score (nSPS) is 44.9. The number of nitriles is 1. The van der Waals surface area contributed by atoms with Crippen LogP contribution in [0.5, 0.6) is 0 Å². The lowest BCUT2D eigenvalue weighted by molar-refractivity contribution is 0.233. The van der Waals surface area contributed by atoms with Crippen LogP contribution in [0.15, 0.2) is 0 Å². The lowest BCUT2D eigenvalue weighted by Crippen LogP contribution is -2.32. The van der Waals surface area contributed by atoms with Crippen LogP contribution in [-0.4, -0.2) is 24.5 Å². The van der Waals surface area contributed by atoms with Crippen molar-refractivity contribution in [2.24, 2.45) is 11.8 Å². The predicted molar refractivity (Wildman–Crippen MR) is 38.3 cm³/mol. The minimum absolute atomic E-state index is 0.334. The Labute approximate surface area is 61.4 Å². The molecule has 0 aliphatic carbocycles. The summed E-state index contributed by atoms with van der Waals surface area (Å²) in [6.45, 7) is 3.54. The first-order chi connectivity index (χ1) is 4.88. The van der Waals surface area contributed by atoms with Crippen molar-refractivity contribution in [2.75, 3.05) is 19.6 Å². The molecule has 2 bridgehead atoms. The molecule has 0 N–H and O–H groups in total. The van der Waals surface area contributed by atoms with Gasteiger partial charge in [-0.15, -0.1) is 0 Å². The zero-order valence-corrected chi connectivity index (χ0v) is 6.08. The van der Waals surface area contributed by atoms with E-state index in [0.29, 0.717) is 5.92 Å². The molecule has 0 aromatic carbocycles. The first kappa shape index (κ1) is 6.18. The highest BCUT2D eigenvalue weighted by Crippen LogP contribution is 2.29. The topological polar surface area (TPSA) is 27.0 Å². The summed E-state index contributed by atoms with van der Waals surface area (Å²) in [6.07, 6.45) is 2.49. The molecule has 2 fully saturated rings. The Hall–Kier alpha value is -0.550. The van der Waals surface area contributed by atoms with Crippen molar-refractivity contribution in [1.29, 1.82) is 5.26 Å². The fraction of sp³-hybridized carbons (Fsp3) is 0.875. The molecule has 0 saturated carbocycles. The van der Waals surface area contributed by atoms with Gasteiger partial charge >= 0.3 is 0 Å². The van der Waals surface area contributed by atoms with Gasteiger partial charge in [-0.1, -0.05) is 0 Å². The Morgan fingerprint density at radius 3 is 3.00 bits per heavy atom. The first-order valence-electron chi connectivity index (χ1n) is 4.00. The second-order valence-corrected chi connectivity index (χ2v) is 3.48. The molecule has 0 aromatic heterocycles. The summed E-state index contributed by atoms with van der Waals surface area (Å²) in [4.78, 5) is 2.42. The van der Waals surface area contributed by atoms with E-state index in [0.717, 1.165) is 18.9 Å². The van der Waals surface area contributed by atoms with E-state index >= 15 is 0 Å². The standard InChI is InChI=1S/C8H12N2/c9-4-8-3-7-1-2-10(5-7)6-8/h7-8H,1-3,5-6H2. The van der Waals surface area contributed by atoms with Gasteiger partial charge in [0, 0.05) is 13.1 Å². The summed E-state index contributed by atoms with van der Waals surface area (Å²) in [7, 11) is 0. The Kier molecular flexibility index (Phi) is 1.39. The molecule has 2 rings (SSSR count). The fourth-order valence-electron chi connectivity index (χ4n) is 2.15. The molecule has 0 spiro atoms. The van der Waals surface area contributed by atoms with Crippen LogP contribution in [0, 0.1) is 23.2 Å². The quantitative estimate of drug-likeness (QED) is 0.493. The highest BCUT2D eigenvalue weighted by molar-refractivity contribution is 4.94. The number of rotatable bonds is 0. The van der Waals surface area contributed by atoms with Crippen molar-refractivity contribution >= 4 is 0 Å². The van der Waals surface area contributed by atoms with Crippen molar-refractivity contribution in [1.82, 2.24) is 4.90 Å². The van der Waals surface area contributed by atoms with Crippen LogP contribution in [-0.2, 0) is 0 Å². The van der Waals surface area contributed by atoms with Gasteiger partial charge in [0.1, 0.15) is 0 Å². The van der Waals surface area contributed by atoms with Crippen LogP contribution in [0.4, 0.5) is 0 Å². The van der Waals surface area contributed by atoms with E-state index in [9.17, 15) is 0 Å². The number of hydrogen-bond donors (Lipinski definition) is 0. The van der Waals surface area contributed by atoms with E-state index in [1.54, 1.807) is 0 Å². The predicted octanol–water partition coefficient (Wildman–Crippen LogP) is 0.852. The third kappa shape index (κ3) is 0.911. The smallest absolute Gasteiger partial charge is 0.0669 e. The zero-order chi connectivity index (χ0) is 6.97. The minimum Gasteiger partial charge on any atom is -0.302 e. The van der Waals surface area contributed by atoms with E-state index < -0.39 is 0 Å². The molecular weight excluding hydrogens is 124 g/mol. The molecule has 3 atom stereocenters. The van der Waals surface area contributed by atoms with Crippen LogP contribution >= 0.6 is 0 Å². The molecule has 2 aliphatic heterocycles. The summed E-state index contributed by atoms with van der Waals surface area (Å²) in [5.74, 6) is 1.18. The number of hydrogen-bond acceptors (Lipinski definition) is 2. The van der Waals surface area contributed by atoms with Crippen LogP contribution in [0.25, 0.3) is 0 Å². The Morgan fingerprint density at radius 2 is 2.30 bits per heavy atom. The van der Waals surface area contributed by atoms with Gasteiger partial charge in [-0.2, -0.15) is 5.26 Å². The molecule has 54 valence electrons. The molecule has 2 heterocycles. The second kappa shape index (κ2) is 2.25. The molecule has 2 heteroatoms.